The van der Waals surface area contributed by atoms with Gasteiger partial charge in [0, 0.05) is 12.2 Å². The molecule has 2 aromatic rings. The minimum Gasteiger partial charge on any atom is -0.497 e. The Balaban J connectivity index is 2.45. The van der Waals surface area contributed by atoms with E-state index in [-0.39, 0.29) is 6.54 Å². The third-order valence-corrected chi connectivity index (χ3v) is 6.83. The number of alkyl carbamates (subject to hydrolysis) is 1. The molecule has 232 valence electrons. The van der Waals surface area contributed by atoms with Crippen LogP contribution in [0.25, 0.3) is 0 Å². The highest BCUT2D eigenvalue weighted by atomic mass is 16.6. The first kappa shape index (κ1) is 34.6. The van der Waals surface area contributed by atoms with Gasteiger partial charge in [-0.3, -0.25) is 9.59 Å². The van der Waals surface area contributed by atoms with Crippen molar-refractivity contribution in [2.45, 2.75) is 97.2 Å². The number of aliphatic hydroxyl groups is 1. The Morgan fingerprint density at radius 1 is 0.905 bits per heavy atom. The van der Waals surface area contributed by atoms with E-state index in [0.29, 0.717) is 23.4 Å². The van der Waals surface area contributed by atoms with E-state index in [9.17, 15) is 19.5 Å². The molecule has 2 rings (SSSR count). The molecule has 0 aliphatic heterocycles. The van der Waals surface area contributed by atoms with E-state index >= 15 is 0 Å². The third-order valence-electron chi connectivity index (χ3n) is 6.83. The molecule has 0 fully saturated rings. The normalized spacial score (nSPS) is 12.6. The molecule has 2 unspecified atom stereocenters. The fourth-order valence-corrected chi connectivity index (χ4v) is 4.56. The summed E-state index contributed by atoms with van der Waals surface area (Å²) in [5.41, 5.74) is 1.49. The van der Waals surface area contributed by atoms with Gasteiger partial charge in [-0.15, -0.1) is 0 Å². The molecular formula is C33H49N3O6. The zero-order valence-corrected chi connectivity index (χ0v) is 26.1. The highest BCUT2D eigenvalue weighted by Gasteiger charge is 2.36. The smallest absolute Gasteiger partial charge is 0.408 e. The van der Waals surface area contributed by atoms with Crippen LogP contribution in [0.1, 0.15) is 90.3 Å². The average Bonchev–Trinajstić information content (AvgIpc) is 2.96. The molecule has 0 saturated heterocycles. The summed E-state index contributed by atoms with van der Waals surface area (Å²) in [4.78, 5) is 42.0. The van der Waals surface area contributed by atoms with Crippen LogP contribution in [0.2, 0.25) is 0 Å². The molecule has 2 atom stereocenters. The first-order valence-electron chi connectivity index (χ1n) is 15.0. The van der Waals surface area contributed by atoms with Gasteiger partial charge in [0.05, 0.1) is 13.7 Å². The molecule has 3 N–H and O–H groups in total. The zero-order valence-electron chi connectivity index (χ0n) is 26.1. The van der Waals surface area contributed by atoms with Crippen molar-refractivity contribution in [2.24, 2.45) is 0 Å². The number of ether oxygens (including phenoxy) is 2. The van der Waals surface area contributed by atoms with Gasteiger partial charge in [0.25, 0.3) is 5.91 Å². The summed E-state index contributed by atoms with van der Waals surface area (Å²) in [7, 11) is 1.57. The predicted molar refractivity (Wildman–Crippen MR) is 166 cm³/mol. The minimum atomic E-state index is -1.29. The van der Waals surface area contributed by atoms with Crippen molar-refractivity contribution < 1.29 is 29.0 Å². The topological polar surface area (TPSA) is 117 Å². The van der Waals surface area contributed by atoms with Crippen LogP contribution in [0.5, 0.6) is 5.75 Å². The second kappa shape index (κ2) is 17.4. The van der Waals surface area contributed by atoms with Crippen molar-refractivity contribution in [2.75, 3.05) is 25.6 Å². The SMILES string of the molecule is CCCCCCCCN(C(=O)C(CO)NC(=O)OC(C)(C)C)C(C(=O)Nc1ccc(OC)cc1)c1ccc(CC)cc1. The summed E-state index contributed by atoms with van der Waals surface area (Å²) in [5.74, 6) is -0.317. The van der Waals surface area contributed by atoms with Crippen LogP contribution in [0.3, 0.4) is 0 Å². The molecule has 0 heterocycles. The summed E-state index contributed by atoms with van der Waals surface area (Å²) in [6, 6.07) is 12.3. The molecule has 3 amide bonds. The van der Waals surface area contributed by atoms with Gasteiger partial charge >= 0.3 is 6.09 Å². The number of benzene rings is 2. The van der Waals surface area contributed by atoms with Crippen LogP contribution < -0.4 is 15.4 Å². The molecule has 9 heteroatoms. The maximum atomic E-state index is 14.0. The van der Waals surface area contributed by atoms with E-state index in [4.69, 9.17) is 9.47 Å². The first-order chi connectivity index (χ1) is 20.0. The maximum absolute atomic E-state index is 14.0. The van der Waals surface area contributed by atoms with Crippen molar-refractivity contribution in [1.29, 1.82) is 0 Å². The number of nitrogens with zero attached hydrogens (tertiary/aromatic N) is 1. The number of aliphatic hydroxyl groups excluding tert-OH is 1. The Morgan fingerprint density at radius 3 is 2.07 bits per heavy atom. The largest absolute Gasteiger partial charge is 0.497 e. The van der Waals surface area contributed by atoms with Crippen molar-refractivity contribution in [3.05, 3.63) is 59.7 Å². The summed E-state index contributed by atoms with van der Waals surface area (Å²) >= 11 is 0. The molecule has 0 saturated carbocycles. The zero-order chi connectivity index (χ0) is 31.1. The molecule has 0 aliphatic rings. The number of carbonyl (C=O) groups is 3. The molecule has 9 nitrogen and oxygen atoms in total. The summed E-state index contributed by atoms with van der Waals surface area (Å²) in [5, 5.41) is 15.6. The van der Waals surface area contributed by atoms with Crippen LogP contribution in [0.4, 0.5) is 10.5 Å². The van der Waals surface area contributed by atoms with Crippen molar-refractivity contribution in [1.82, 2.24) is 10.2 Å². The number of carbonyl (C=O) groups excluding carboxylic acids is 3. The Bertz CT molecular complexity index is 1110. The number of nitrogens with one attached hydrogen (secondary N) is 2. The minimum absolute atomic E-state index is 0.272. The molecule has 2 aromatic carbocycles. The highest BCUT2D eigenvalue weighted by molar-refractivity contribution is 5.99. The molecular weight excluding hydrogens is 534 g/mol. The van der Waals surface area contributed by atoms with Crippen molar-refractivity contribution in [3.63, 3.8) is 0 Å². The van der Waals surface area contributed by atoms with Gasteiger partial charge in [0.15, 0.2) is 0 Å². The number of rotatable bonds is 16. The van der Waals surface area contributed by atoms with E-state index in [1.165, 1.54) is 4.90 Å². The summed E-state index contributed by atoms with van der Waals surface area (Å²) in [6.07, 6.45) is 5.95. The lowest BCUT2D eigenvalue weighted by molar-refractivity contribution is -0.141. The second-order valence-electron chi connectivity index (χ2n) is 11.4. The molecule has 42 heavy (non-hydrogen) atoms. The van der Waals surface area contributed by atoms with Crippen LogP contribution in [-0.4, -0.2) is 59.8 Å². The number of unbranched alkanes of at least 4 members (excludes halogenated alkanes) is 5. The fourth-order valence-electron chi connectivity index (χ4n) is 4.56. The van der Waals surface area contributed by atoms with E-state index in [1.807, 2.05) is 31.2 Å². The van der Waals surface area contributed by atoms with Crippen molar-refractivity contribution >= 4 is 23.6 Å². The molecule has 0 aromatic heterocycles. The number of anilines is 1. The fraction of sp³-hybridized carbons (Fsp3) is 0.545. The number of amides is 3. The molecule has 0 aliphatic carbocycles. The van der Waals surface area contributed by atoms with Crippen LogP contribution in [0.15, 0.2) is 48.5 Å². The van der Waals surface area contributed by atoms with Gasteiger partial charge in [0.1, 0.15) is 23.4 Å². The maximum Gasteiger partial charge on any atom is 0.408 e. The lowest BCUT2D eigenvalue weighted by atomic mass is 9.99. The Morgan fingerprint density at radius 2 is 1.52 bits per heavy atom. The van der Waals surface area contributed by atoms with Gasteiger partial charge in [-0.1, -0.05) is 70.2 Å². The van der Waals surface area contributed by atoms with Crippen LogP contribution >= 0.6 is 0 Å². The van der Waals surface area contributed by atoms with Gasteiger partial charge in [0.2, 0.25) is 5.91 Å². The van der Waals surface area contributed by atoms with Crippen molar-refractivity contribution in [3.8, 4) is 5.75 Å². The van der Waals surface area contributed by atoms with Gasteiger partial charge < -0.3 is 30.1 Å². The summed E-state index contributed by atoms with van der Waals surface area (Å²) < 4.78 is 10.6. The summed E-state index contributed by atoms with van der Waals surface area (Å²) in [6.45, 7) is 8.97. The highest BCUT2D eigenvalue weighted by Crippen LogP contribution is 2.26. The average molecular weight is 584 g/mol. The Kier molecular flexibility index (Phi) is 14.3. The quantitative estimate of drug-likeness (QED) is 0.208. The number of hydrogen-bond donors (Lipinski definition) is 3. The second-order valence-corrected chi connectivity index (χ2v) is 11.4. The van der Waals surface area contributed by atoms with E-state index < -0.39 is 42.2 Å². The Hall–Kier alpha value is -3.59. The molecule has 0 spiro atoms. The number of hydrogen-bond acceptors (Lipinski definition) is 6. The van der Waals surface area contributed by atoms with Gasteiger partial charge in [-0.2, -0.15) is 0 Å². The monoisotopic (exact) mass is 583 g/mol. The first-order valence-corrected chi connectivity index (χ1v) is 15.0. The third kappa shape index (κ3) is 11.4. The lowest BCUT2D eigenvalue weighted by Crippen LogP contribution is -2.54. The van der Waals surface area contributed by atoms with Gasteiger partial charge in [-0.25, -0.2) is 4.79 Å². The predicted octanol–water partition coefficient (Wildman–Crippen LogP) is 6.01. The van der Waals surface area contributed by atoms with Gasteiger partial charge in [-0.05, 0) is 69.0 Å². The number of aryl methyl sites for hydroxylation is 1. The van der Waals surface area contributed by atoms with E-state index in [1.54, 1.807) is 52.1 Å². The van der Waals surface area contributed by atoms with Crippen LogP contribution in [0, 0.1) is 0 Å². The molecule has 0 bridgehead atoms. The Labute approximate surface area is 251 Å². The lowest BCUT2D eigenvalue weighted by Gasteiger charge is -2.34. The van der Waals surface area contributed by atoms with E-state index in [0.717, 1.165) is 44.1 Å². The standard InChI is InChI=1S/C33H49N3O6/c1-7-9-10-11-12-13-22-36(31(39)28(23-37)35-32(40)42-33(3,4)5)29(25-16-14-24(8-2)15-17-25)30(38)34-26-18-20-27(41-6)21-19-26/h14-21,28-29,37H,7-13,22-23H2,1-6H3,(H,34,38)(H,35,40). The molecule has 0 radical (unpaired) electrons. The van der Waals surface area contributed by atoms with E-state index in [2.05, 4.69) is 17.6 Å². The van der Waals surface area contributed by atoms with Crippen LogP contribution in [-0.2, 0) is 20.7 Å². The number of methoxy groups -OCH3 is 1.